The van der Waals surface area contributed by atoms with E-state index in [9.17, 15) is 13.2 Å². The average molecular weight is 210 g/mol. The number of hydrogen-bond donors (Lipinski definition) is 0. The van der Waals surface area contributed by atoms with Crippen molar-refractivity contribution in [3.05, 3.63) is 28.8 Å². The third-order valence-electron chi connectivity index (χ3n) is 1.61. The van der Waals surface area contributed by atoms with E-state index in [4.69, 9.17) is 11.6 Å². The number of pyridine rings is 1. The first-order chi connectivity index (χ1) is 6.06. The first-order valence-electron chi connectivity index (χ1n) is 3.56. The van der Waals surface area contributed by atoms with Crippen LogP contribution in [0, 0.1) is 12.9 Å². The van der Waals surface area contributed by atoms with Crippen molar-refractivity contribution in [2.75, 3.05) is 0 Å². The van der Waals surface area contributed by atoms with Crippen LogP contribution >= 0.6 is 11.6 Å². The molecule has 0 N–H and O–H groups in total. The normalized spacial score (nSPS) is 10.9. The van der Waals surface area contributed by atoms with E-state index in [0.29, 0.717) is 0 Å². The smallest absolute Gasteiger partial charge is 0.218 e. The number of aryl methyl sites for hydroxylation is 1. The summed E-state index contributed by atoms with van der Waals surface area (Å²) in [7, 11) is 0. The summed E-state index contributed by atoms with van der Waals surface area (Å²) in [5.74, 6) is -0.961. The number of halogens is 4. The molecule has 0 aromatic carbocycles. The fraction of sp³-hybridized carbons (Fsp3) is 0.375. The summed E-state index contributed by atoms with van der Waals surface area (Å²) in [5, 5.41) is 0. The van der Waals surface area contributed by atoms with Crippen LogP contribution in [0.2, 0.25) is 0 Å². The Balaban J connectivity index is 3.25. The molecular weight excluding hydrogens is 203 g/mol. The number of nitrogens with zero attached hydrogens (tertiary/aromatic N) is 1. The van der Waals surface area contributed by atoms with Gasteiger partial charge in [-0.2, -0.15) is 4.39 Å². The van der Waals surface area contributed by atoms with Gasteiger partial charge in [0.15, 0.2) is 0 Å². The maximum Gasteiger partial charge on any atom is 0.280 e. The zero-order chi connectivity index (χ0) is 10.0. The lowest BCUT2D eigenvalue weighted by molar-refractivity contribution is 0.143. The van der Waals surface area contributed by atoms with E-state index in [1.807, 2.05) is 0 Å². The van der Waals surface area contributed by atoms with Crippen molar-refractivity contribution in [1.29, 1.82) is 0 Å². The molecule has 13 heavy (non-hydrogen) atoms. The maximum absolute atomic E-state index is 12.8. The fourth-order valence-corrected chi connectivity index (χ4v) is 1.17. The van der Waals surface area contributed by atoms with Gasteiger partial charge in [0.05, 0.1) is 0 Å². The van der Waals surface area contributed by atoms with Crippen molar-refractivity contribution >= 4 is 11.6 Å². The van der Waals surface area contributed by atoms with Crippen LogP contribution in [0.3, 0.4) is 0 Å². The largest absolute Gasteiger partial charge is 0.280 e. The Morgan fingerprint density at radius 2 is 2.15 bits per heavy atom. The first-order valence-corrected chi connectivity index (χ1v) is 4.09. The average Bonchev–Trinajstić information content (AvgIpc) is 2.08. The van der Waals surface area contributed by atoms with Crippen molar-refractivity contribution in [1.82, 2.24) is 4.98 Å². The molecular formula is C8H7ClF3N. The molecule has 0 aliphatic rings. The fourth-order valence-electron chi connectivity index (χ4n) is 0.957. The molecule has 0 aliphatic carbocycles. The van der Waals surface area contributed by atoms with Crippen LogP contribution in [0.15, 0.2) is 6.07 Å². The van der Waals surface area contributed by atoms with E-state index >= 15 is 0 Å². The summed E-state index contributed by atoms with van der Waals surface area (Å²) in [6, 6.07) is 1.29. The standard InChI is InChI=1S/C8H7ClF3N/c1-4-2-5(3-9)6(7(10)11)13-8(4)12/h2,7H,3H2,1H3. The lowest BCUT2D eigenvalue weighted by Crippen LogP contribution is -2.01. The minimum Gasteiger partial charge on any atom is -0.218 e. The molecule has 0 spiro atoms. The number of rotatable bonds is 2. The SMILES string of the molecule is Cc1cc(CCl)c(C(F)F)nc1F. The Bertz CT molecular complexity index is 315. The highest BCUT2D eigenvalue weighted by Crippen LogP contribution is 2.23. The molecule has 1 aromatic heterocycles. The number of alkyl halides is 3. The van der Waals surface area contributed by atoms with Gasteiger partial charge in [-0.1, -0.05) is 0 Å². The van der Waals surface area contributed by atoms with Gasteiger partial charge in [0.1, 0.15) is 5.69 Å². The summed E-state index contributed by atoms with van der Waals surface area (Å²) in [6.07, 6.45) is -2.79. The molecule has 1 heterocycles. The molecule has 0 bridgehead atoms. The van der Waals surface area contributed by atoms with Crippen molar-refractivity contribution < 1.29 is 13.2 Å². The van der Waals surface area contributed by atoms with Gasteiger partial charge >= 0.3 is 0 Å². The van der Waals surface area contributed by atoms with Crippen LogP contribution in [0.25, 0.3) is 0 Å². The second-order valence-corrected chi connectivity index (χ2v) is 2.84. The lowest BCUT2D eigenvalue weighted by Gasteiger charge is -2.06. The quantitative estimate of drug-likeness (QED) is 0.538. The Hall–Kier alpha value is -0.770. The Morgan fingerprint density at radius 1 is 1.54 bits per heavy atom. The van der Waals surface area contributed by atoms with E-state index in [1.165, 1.54) is 13.0 Å². The van der Waals surface area contributed by atoms with Gasteiger partial charge in [-0.15, -0.1) is 11.6 Å². The first kappa shape index (κ1) is 10.3. The van der Waals surface area contributed by atoms with Gasteiger partial charge in [-0.25, -0.2) is 13.8 Å². The summed E-state index contributed by atoms with van der Waals surface area (Å²) >= 11 is 5.40. The van der Waals surface area contributed by atoms with Crippen LogP contribution in [0.5, 0.6) is 0 Å². The highest BCUT2D eigenvalue weighted by Gasteiger charge is 2.16. The molecule has 1 nitrogen and oxygen atoms in total. The third kappa shape index (κ3) is 2.12. The molecule has 0 saturated carbocycles. The molecule has 0 aliphatic heterocycles. The third-order valence-corrected chi connectivity index (χ3v) is 1.90. The predicted octanol–water partition coefficient (Wildman–Crippen LogP) is 3.21. The van der Waals surface area contributed by atoms with E-state index in [1.54, 1.807) is 0 Å². The summed E-state index contributed by atoms with van der Waals surface area (Å²) in [6.45, 7) is 1.45. The molecule has 0 radical (unpaired) electrons. The number of aromatic nitrogens is 1. The highest BCUT2D eigenvalue weighted by molar-refractivity contribution is 6.17. The second-order valence-electron chi connectivity index (χ2n) is 2.57. The minimum absolute atomic E-state index is 0.0895. The lowest BCUT2D eigenvalue weighted by atomic mass is 10.1. The zero-order valence-corrected chi connectivity index (χ0v) is 7.58. The molecule has 0 fully saturated rings. The maximum atomic E-state index is 12.8. The van der Waals surface area contributed by atoms with Crippen LogP contribution in [-0.4, -0.2) is 4.98 Å². The van der Waals surface area contributed by atoms with Crippen LogP contribution in [0.1, 0.15) is 23.2 Å². The topological polar surface area (TPSA) is 12.9 Å². The molecule has 0 amide bonds. The Morgan fingerprint density at radius 3 is 2.62 bits per heavy atom. The second kappa shape index (κ2) is 3.96. The van der Waals surface area contributed by atoms with E-state index in [-0.39, 0.29) is 17.0 Å². The van der Waals surface area contributed by atoms with Gasteiger partial charge in [-0.05, 0) is 18.6 Å². The summed E-state index contributed by atoms with van der Waals surface area (Å²) in [4.78, 5) is 3.14. The van der Waals surface area contributed by atoms with Crippen molar-refractivity contribution in [2.24, 2.45) is 0 Å². The van der Waals surface area contributed by atoms with Gasteiger partial charge in [0, 0.05) is 11.4 Å². The van der Waals surface area contributed by atoms with Crippen molar-refractivity contribution in [3.8, 4) is 0 Å². The van der Waals surface area contributed by atoms with Gasteiger partial charge < -0.3 is 0 Å². The minimum atomic E-state index is -2.79. The van der Waals surface area contributed by atoms with Crippen LogP contribution < -0.4 is 0 Å². The Labute approximate surface area is 78.5 Å². The Kier molecular flexibility index (Phi) is 3.14. The molecule has 0 unspecified atom stereocenters. The van der Waals surface area contributed by atoms with E-state index < -0.39 is 18.1 Å². The van der Waals surface area contributed by atoms with E-state index in [2.05, 4.69) is 4.98 Å². The zero-order valence-electron chi connectivity index (χ0n) is 6.82. The molecule has 5 heteroatoms. The highest BCUT2D eigenvalue weighted by atomic mass is 35.5. The summed E-state index contributed by atoms with van der Waals surface area (Å²) in [5.41, 5.74) is -0.172. The van der Waals surface area contributed by atoms with E-state index in [0.717, 1.165) is 0 Å². The van der Waals surface area contributed by atoms with Crippen LogP contribution in [0.4, 0.5) is 13.2 Å². The van der Waals surface area contributed by atoms with Crippen molar-refractivity contribution in [2.45, 2.75) is 19.2 Å². The predicted molar refractivity (Wildman–Crippen MR) is 43.4 cm³/mol. The monoisotopic (exact) mass is 209 g/mol. The molecule has 0 saturated heterocycles. The number of hydrogen-bond acceptors (Lipinski definition) is 1. The van der Waals surface area contributed by atoms with Gasteiger partial charge in [-0.3, -0.25) is 0 Å². The van der Waals surface area contributed by atoms with Crippen molar-refractivity contribution in [3.63, 3.8) is 0 Å². The molecule has 0 atom stereocenters. The molecule has 1 rings (SSSR count). The van der Waals surface area contributed by atoms with Gasteiger partial charge in [0.2, 0.25) is 5.95 Å². The van der Waals surface area contributed by atoms with Gasteiger partial charge in [0.25, 0.3) is 6.43 Å². The summed E-state index contributed by atoms with van der Waals surface area (Å²) < 4.78 is 37.2. The molecule has 72 valence electrons. The van der Waals surface area contributed by atoms with Crippen LogP contribution in [-0.2, 0) is 5.88 Å². The molecule has 1 aromatic rings.